The molecule has 1 spiro atoms. The Morgan fingerprint density at radius 1 is 1.03 bits per heavy atom. The van der Waals surface area contributed by atoms with Crippen LogP contribution in [-0.4, -0.2) is 17.9 Å². The molecule has 1 saturated heterocycles. The van der Waals surface area contributed by atoms with Crippen molar-refractivity contribution < 1.29 is 9.59 Å². The van der Waals surface area contributed by atoms with Gasteiger partial charge in [0, 0.05) is 28.1 Å². The van der Waals surface area contributed by atoms with E-state index in [0.717, 1.165) is 22.3 Å². The second-order valence-electron chi connectivity index (χ2n) is 8.01. The number of hydrogen-bond acceptors (Lipinski definition) is 2. The lowest BCUT2D eigenvalue weighted by atomic mass is 9.59. The smallest absolute Gasteiger partial charge is 0.238 e. The quantitative estimate of drug-likeness (QED) is 0.644. The maximum atomic E-state index is 13.7. The Morgan fingerprint density at radius 2 is 1.76 bits per heavy atom. The van der Waals surface area contributed by atoms with E-state index in [2.05, 4.69) is 10.6 Å². The Morgan fingerprint density at radius 3 is 2.45 bits per heavy atom. The topological polar surface area (TPSA) is 58.2 Å². The molecule has 2 N–H and O–H groups in total. The van der Waals surface area contributed by atoms with Crippen molar-refractivity contribution >= 4 is 40.7 Å². The fourth-order valence-electron chi connectivity index (χ4n) is 4.69. The lowest BCUT2D eigenvalue weighted by molar-refractivity contribution is -0.130. The van der Waals surface area contributed by atoms with E-state index < -0.39 is 11.5 Å². The van der Waals surface area contributed by atoms with Crippen molar-refractivity contribution in [3.63, 3.8) is 0 Å². The molecule has 0 aliphatic carbocycles. The zero-order chi connectivity index (χ0) is 20.9. The summed E-state index contributed by atoms with van der Waals surface area (Å²) in [5.74, 6) is -0.580. The number of anilines is 1. The molecule has 2 aromatic carbocycles. The van der Waals surface area contributed by atoms with Crippen LogP contribution < -0.4 is 10.6 Å². The number of nitrogens with one attached hydrogen (secondary N) is 2. The minimum Gasteiger partial charge on any atom is -0.348 e. The third-order valence-electron chi connectivity index (χ3n) is 6.22. The zero-order valence-corrected chi connectivity index (χ0v) is 18.0. The van der Waals surface area contributed by atoms with Gasteiger partial charge in [0.25, 0.3) is 0 Å². The van der Waals surface area contributed by atoms with Crippen LogP contribution >= 0.6 is 23.2 Å². The number of fused-ring (bicyclic) bond motifs is 2. The van der Waals surface area contributed by atoms with Crippen molar-refractivity contribution in [1.82, 2.24) is 5.32 Å². The molecular weight excluding hydrogens is 407 g/mol. The summed E-state index contributed by atoms with van der Waals surface area (Å²) in [6, 6.07) is 12.4. The highest BCUT2D eigenvalue weighted by Gasteiger charge is 2.61. The summed E-state index contributed by atoms with van der Waals surface area (Å²) in [6.07, 6.45) is 0.197. The number of hydrogen-bond donors (Lipinski definition) is 2. The molecule has 0 bridgehead atoms. The van der Waals surface area contributed by atoms with Crippen molar-refractivity contribution in [2.75, 3.05) is 5.32 Å². The molecule has 2 aromatic rings. The molecule has 0 unspecified atom stereocenters. The number of carbonyl (C=O) groups is 2. The van der Waals surface area contributed by atoms with E-state index in [1.807, 2.05) is 45.0 Å². The highest BCUT2D eigenvalue weighted by atomic mass is 35.5. The molecule has 0 aromatic heterocycles. The van der Waals surface area contributed by atoms with Crippen LogP contribution in [0.1, 0.15) is 44.2 Å². The van der Waals surface area contributed by atoms with Crippen LogP contribution in [0.3, 0.4) is 0 Å². The predicted octanol–water partition coefficient (Wildman–Crippen LogP) is 5.21. The molecule has 1 fully saturated rings. The largest absolute Gasteiger partial charge is 0.348 e. The summed E-state index contributed by atoms with van der Waals surface area (Å²) in [5, 5.41) is 7.26. The van der Waals surface area contributed by atoms with E-state index in [4.69, 9.17) is 23.2 Å². The minimum atomic E-state index is -0.986. The van der Waals surface area contributed by atoms with Gasteiger partial charge in [-0.1, -0.05) is 52.5 Å². The van der Waals surface area contributed by atoms with Crippen LogP contribution in [0.15, 0.2) is 53.6 Å². The number of allylic oxidation sites excluding steroid dienone is 1. The molecule has 2 heterocycles. The third kappa shape index (κ3) is 3.06. The van der Waals surface area contributed by atoms with E-state index >= 15 is 0 Å². The van der Waals surface area contributed by atoms with Gasteiger partial charge in [0.15, 0.2) is 0 Å². The number of benzene rings is 2. The van der Waals surface area contributed by atoms with Gasteiger partial charge >= 0.3 is 0 Å². The Hall–Kier alpha value is -2.30. The molecule has 3 atom stereocenters. The maximum absolute atomic E-state index is 13.7. The number of rotatable bonds is 2. The van der Waals surface area contributed by atoms with Gasteiger partial charge in [0.05, 0.1) is 6.04 Å². The summed E-state index contributed by atoms with van der Waals surface area (Å²) in [5.41, 5.74) is 3.47. The first-order chi connectivity index (χ1) is 13.7. The summed E-state index contributed by atoms with van der Waals surface area (Å²) < 4.78 is 0. The molecular formula is C23H22Cl2N2O2. The Kier molecular flexibility index (Phi) is 4.96. The Bertz CT molecular complexity index is 1060. The van der Waals surface area contributed by atoms with E-state index in [0.29, 0.717) is 15.7 Å². The molecule has 6 heteroatoms. The molecule has 2 aliphatic heterocycles. The van der Waals surface area contributed by atoms with Crippen molar-refractivity contribution in [3.05, 3.63) is 74.8 Å². The number of carbonyl (C=O) groups excluding carboxylic acids is 2. The molecule has 0 saturated carbocycles. The van der Waals surface area contributed by atoms with Crippen LogP contribution in [0.4, 0.5) is 5.69 Å². The monoisotopic (exact) mass is 428 g/mol. The summed E-state index contributed by atoms with van der Waals surface area (Å²) in [7, 11) is 0. The number of halogens is 2. The van der Waals surface area contributed by atoms with Gasteiger partial charge in [-0.2, -0.15) is 0 Å². The standard InChI is InChI=1S/C23H22Cl2N2O2/c1-12(2)13(3)21-23(17-8-7-16(25)10-19(17)26-22(23)29)18(11-20(28)27-21)14-5-4-6-15(24)9-14/h4-10,18,21H,11H2,1-3H3,(H,26,29)(H,27,28)/t18-,21+,23-/m0/s1. The van der Waals surface area contributed by atoms with Crippen molar-refractivity contribution in [2.24, 2.45) is 0 Å². The first-order valence-corrected chi connectivity index (χ1v) is 10.3. The van der Waals surface area contributed by atoms with Crippen molar-refractivity contribution in [3.8, 4) is 0 Å². The minimum absolute atomic E-state index is 0.0820. The third-order valence-corrected chi connectivity index (χ3v) is 6.69. The first-order valence-electron chi connectivity index (χ1n) is 9.55. The summed E-state index contributed by atoms with van der Waals surface area (Å²) in [6.45, 7) is 5.96. The molecule has 29 heavy (non-hydrogen) atoms. The summed E-state index contributed by atoms with van der Waals surface area (Å²) >= 11 is 12.5. The average Bonchev–Trinajstić information content (AvgIpc) is 2.94. The van der Waals surface area contributed by atoms with Gasteiger partial charge in [0.2, 0.25) is 11.8 Å². The van der Waals surface area contributed by atoms with Crippen molar-refractivity contribution in [1.29, 1.82) is 0 Å². The van der Waals surface area contributed by atoms with Crippen LogP contribution in [0.5, 0.6) is 0 Å². The SMILES string of the molecule is CC(C)=C(C)[C@H]1NC(=O)C[C@@H](c2cccc(Cl)c2)[C@]12C(=O)Nc1cc(Cl)ccc12. The fraction of sp³-hybridized carbons (Fsp3) is 0.304. The molecule has 150 valence electrons. The highest BCUT2D eigenvalue weighted by molar-refractivity contribution is 6.31. The maximum Gasteiger partial charge on any atom is 0.238 e. The second kappa shape index (κ2) is 7.19. The van der Waals surface area contributed by atoms with Gasteiger partial charge in [-0.3, -0.25) is 9.59 Å². The number of amides is 2. The molecule has 2 aliphatic rings. The second-order valence-corrected chi connectivity index (χ2v) is 8.88. The van der Waals surface area contributed by atoms with Gasteiger partial charge in [-0.05, 0) is 56.2 Å². The highest BCUT2D eigenvalue weighted by Crippen LogP contribution is 2.54. The molecule has 4 nitrogen and oxygen atoms in total. The normalized spacial score (nSPS) is 25.4. The molecule has 4 rings (SSSR count). The van der Waals surface area contributed by atoms with Crippen LogP contribution in [-0.2, 0) is 15.0 Å². The van der Waals surface area contributed by atoms with E-state index in [1.165, 1.54) is 0 Å². The average molecular weight is 429 g/mol. The van der Waals surface area contributed by atoms with E-state index in [1.54, 1.807) is 18.2 Å². The van der Waals surface area contributed by atoms with E-state index in [9.17, 15) is 9.59 Å². The van der Waals surface area contributed by atoms with Gasteiger partial charge < -0.3 is 10.6 Å². The number of piperidine rings is 1. The lowest BCUT2D eigenvalue weighted by Gasteiger charge is -2.47. The van der Waals surface area contributed by atoms with Crippen LogP contribution in [0, 0.1) is 0 Å². The zero-order valence-electron chi connectivity index (χ0n) is 16.5. The van der Waals surface area contributed by atoms with Crippen LogP contribution in [0.2, 0.25) is 10.0 Å². The van der Waals surface area contributed by atoms with Crippen molar-refractivity contribution in [2.45, 2.75) is 44.6 Å². The first kappa shape index (κ1) is 20.0. The Balaban J connectivity index is 2.04. The Labute approximate surface area is 180 Å². The summed E-state index contributed by atoms with van der Waals surface area (Å²) in [4.78, 5) is 26.4. The predicted molar refractivity (Wildman–Crippen MR) is 117 cm³/mol. The van der Waals surface area contributed by atoms with Gasteiger partial charge in [0.1, 0.15) is 5.41 Å². The van der Waals surface area contributed by atoms with Gasteiger partial charge in [-0.15, -0.1) is 0 Å². The van der Waals surface area contributed by atoms with Gasteiger partial charge in [-0.25, -0.2) is 0 Å². The fourth-order valence-corrected chi connectivity index (χ4v) is 5.06. The van der Waals surface area contributed by atoms with E-state index in [-0.39, 0.29) is 24.2 Å². The van der Waals surface area contributed by atoms with Crippen LogP contribution in [0.25, 0.3) is 0 Å². The lowest BCUT2D eigenvalue weighted by Crippen LogP contribution is -2.62. The molecule has 0 radical (unpaired) electrons. The molecule has 2 amide bonds.